The average molecular weight is 695 g/mol. The number of hydrogen-bond donors (Lipinski definition) is 0. The lowest BCUT2D eigenvalue weighted by Crippen LogP contribution is -2.24. The molecule has 0 N–H and O–H groups in total. The second kappa shape index (κ2) is 12.6. The molecule has 0 saturated heterocycles. The minimum Gasteiger partial charge on any atom is -0.497 e. The minimum absolute atomic E-state index is 0.0242. The monoisotopic (exact) mass is 694 g/mol. The van der Waals surface area contributed by atoms with Gasteiger partial charge in [-0.3, -0.25) is 4.79 Å². The number of hydrogen-bond acceptors (Lipinski definition) is 6. The van der Waals surface area contributed by atoms with E-state index in [1.165, 1.54) is 11.1 Å². The van der Waals surface area contributed by atoms with Gasteiger partial charge in [-0.25, -0.2) is 19.9 Å². The number of aromatic nitrogens is 4. The number of ether oxygens (including phenoxy) is 1. The number of benzene rings is 4. The van der Waals surface area contributed by atoms with Crippen molar-refractivity contribution in [3.05, 3.63) is 151 Å². The van der Waals surface area contributed by atoms with E-state index in [1.54, 1.807) is 31.9 Å². The predicted molar refractivity (Wildman–Crippen MR) is 213 cm³/mol. The third-order valence-corrected chi connectivity index (χ3v) is 10.7. The maximum Gasteiger partial charge on any atom is 0.178 e. The van der Waals surface area contributed by atoms with Gasteiger partial charge in [-0.05, 0) is 90.7 Å². The molecule has 6 nitrogen and oxygen atoms in total. The van der Waals surface area contributed by atoms with Crippen LogP contribution in [0.4, 0.5) is 0 Å². The van der Waals surface area contributed by atoms with Crippen molar-refractivity contribution in [2.45, 2.75) is 57.8 Å². The zero-order valence-electron chi connectivity index (χ0n) is 31.2. The summed E-state index contributed by atoms with van der Waals surface area (Å²) in [6, 6.07) is 24.1. The van der Waals surface area contributed by atoms with Crippen molar-refractivity contribution in [3.8, 4) is 61.4 Å². The van der Waals surface area contributed by atoms with Gasteiger partial charge in [0.05, 0.1) is 12.5 Å². The van der Waals surface area contributed by atoms with E-state index in [9.17, 15) is 4.79 Å². The van der Waals surface area contributed by atoms with Crippen molar-refractivity contribution in [1.29, 1.82) is 0 Å². The number of allylic oxidation sites excluding steroid dienone is 4. The highest BCUT2D eigenvalue weighted by atomic mass is 16.5. The van der Waals surface area contributed by atoms with Gasteiger partial charge >= 0.3 is 0 Å². The van der Waals surface area contributed by atoms with Gasteiger partial charge in [-0.15, -0.1) is 0 Å². The Kier molecular flexibility index (Phi) is 8.10. The molecule has 0 aliphatic heterocycles. The molecule has 2 heterocycles. The van der Waals surface area contributed by atoms with E-state index in [0.717, 1.165) is 72.5 Å². The van der Waals surface area contributed by atoms with E-state index in [0.29, 0.717) is 0 Å². The van der Waals surface area contributed by atoms with E-state index in [-0.39, 0.29) is 16.6 Å². The number of fused-ring (bicyclic) bond motifs is 5. The van der Waals surface area contributed by atoms with Gasteiger partial charge in [0.1, 0.15) is 18.4 Å². The molecule has 0 atom stereocenters. The number of carbonyl (C=O) groups is 1. The Bertz CT molecular complexity index is 2420. The molecular formula is C47H42N4O2. The lowest BCUT2D eigenvalue weighted by Gasteiger charge is -2.32. The van der Waals surface area contributed by atoms with Crippen molar-refractivity contribution in [2.24, 2.45) is 0 Å². The summed E-state index contributed by atoms with van der Waals surface area (Å²) in [5.74, 6) is 0.701. The molecule has 0 amide bonds. The Hall–Kier alpha value is -6.01. The van der Waals surface area contributed by atoms with Crippen molar-refractivity contribution in [2.75, 3.05) is 7.11 Å². The van der Waals surface area contributed by atoms with Crippen LogP contribution in [0, 0.1) is 0 Å². The van der Waals surface area contributed by atoms with Gasteiger partial charge in [-0.2, -0.15) is 0 Å². The van der Waals surface area contributed by atoms with Crippen LogP contribution < -0.4 is 4.74 Å². The van der Waals surface area contributed by atoms with Crippen LogP contribution in [0.2, 0.25) is 0 Å². The third-order valence-electron chi connectivity index (χ3n) is 10.7. The molecule has 53 heavy (non-hydrogen) atoms. The Morgan fingerprint density at radius 1 is 0.547 bits per heavy atom. The number of carbonyl (C=O) groups excluding carboxylic acids is 1. The standard InChI is InChI=1S/C47H42N4O2/c1-45(2,3)33-12-8-29(9-13-33)39-40(31-23-48-27-49-24-31)41(32-25-50-28-51-26-32)42(30-10-14-34(15-11-30)46(4,5)6)44-43(39)37-17-16-36(53-7)22-38(37)47(44)20-18-35(52)19-21-47/h8-28H,1-7H3. The SMILES string of the molecule is COc1ccc2c(c1)C1(C=CC(=O)C=C1)c1c(-c3ccc(C(C)(C)C)cc3)c(-c3cncnc3)c(-c3cncnc3)c(-c3ccc(C(C)(C)C)cc3)c1-2. The summed E-state index contributed by atoms with van der Waals surface area (Å²) in [5, 5.41) is 0. The normalized spacial score (nSPS) is 14.4. The summed E-state index contributed by atoms with van der Waals surface area (Å²) in [6.45, 7) is 13.4. The molecule has 1 spiro atoms. The van der Waals surface area contributed by atoms with Crippen molar-refractivity contribution < 1.29 is 9.53 Å². The molecule has 0 unspecified atom stereocenters. The van der Waals surface area contributed by atoms with Crippen LogP contribution in [-0.2, 0) is 21.0 Å². The fraction of sp³-hybridized carbons (Fsp3) is 0.213. The van der Waals surface area contributed by atoms with Gasteiger partial charge in [0.15, 0.2) is 5.78 Å². The van der Waals surface area contributed by atoms with Crippen LogP contribution >= 0.6 is 0 Å². The highest BCUT2D eigenvalue weighted by molar-refractivity contribution is 6.13. The minimum atomic E-state index is -0.790. The highest BCUT2D eigenvalue weighted by Crippen LogP contribution is 2.62. The summed E-state index contributed by atoms with van der Waals surface area (Å²) in [6.07, 6.45) is 18.2. The van der Waals surface area contributed by atoms with Crippen LogP contribution in [0.1, 0.15) is 63.8 Å². The maximum atomic E-state index is 12.9. The van der Waals surface area contributed by atoms with Crippen molar-refractivity contribution >= 4 is 5.78 Å². The summed E-state index contributed by atoms with van der Waals surface area (Å²) in [4.78, 5) is 31.2. The van der Waals surface area contributed by atoms with E-state index in [4.69, 9.17) is 4.74 Å². The molecule has 262 valence electrons. The number of ketones is 1. The molecule has 6 heteroatoms. The number of rotatable bonds is 5. The number of methoxy groups -OCH3 is 1. The first-order chi connectivity index (χ1) is 25.4. The lowest BCUT2D eigenvalue weighted by atomic mass is 9.69. The van der Waals surface area contributed by atoms with E-state index < -0.39 is 5.41 Å². The van der Waals surface area contributed by atoms with E-state index in [1.807, 2.05) is 30.9 Å². The molecule has 0 radical (unpaired) electrons. The average Bonchev–Trinajstić information content (AvgIpc) is 3.43. The van der Waals surface area contributed by atoms with Crippen LogP contribution in [-0.4, -0.2) is 32.8 Å². The molecule has 0 fully saturated rings. The first kappa shape index (κ1) is 34.1. The van der Waals surface area contributed by atoms with Crippen LogP contribution in [0.3, 0.4) is 0 Å². The van der Waals surface area contributed by atoms with Crippen LogP contribution in [0.25, 0.3) is 55.6 Å². The van der Waals surface area contributed by atoms with Gasteiger partial charge in [-0.1, -0.05) is 108 Å². The molecule has 2 aliphatic carbocycles. The fourth-order valence-corrected chi connectivity index (χ4v) is 7.95. The molecule has 0 saturated carbocycles. The molecule has 2 aliphatic rings. The van der Waals surface area contributed by atoms with Gasteiger partial charge in [0, 0.05) is 47.0 Å². The Balaban J connectivity index is 1.64. The first-order valence-corrected chi connectivity index (χ1v) is 18.0. The topological polar surface area (TPSA) is 77.9 Å². The van der Waals surface area contributed by atoms with Gasteiger partial charge in [0.2, 0.25) is 0 Å². The van der Waals surface area contributed by atoms with Crippen molar-refractivity contribution in [1.82, 2.24) is 19.9 Å². The molecule has 6 aromatic rings. The highest BCUT2D eigenvalue weighted by Gasteiger charge is 2.46. The van der Waals surface area contributed by atoms with E-state index >= 15 is 0 Å². The van der Waals surface area contributed by atoms with E-state index in [2.05, 4.69) is 134 Å². The molecule has 2 aromatic heterocycles. The van der Waals surface area contributed by atoms with Crippen LogP contribution in [0.5, 0.6) is 5.75 Å². The molecular weight excluding hydrogens is 653 g/mol. The summed E-state index contributed by atoms with van der Waals surface area (Å²) in [5.41, 5.74) is 13.8. The smallest absolute Gasteiger partial charge is 0.178 e. The van der Waals surface area contributed by atoms with Gasteiger partial charge in [0.25, 0.3) is 0 Å². The maximum absolute atomic E-state index is 12.9. The number of nitrogens with zero attached hydrogens (tertiary/aromatic N) is 4. The largest absolute Gasteiger partial charge is 0.497 e. The zero-order chi connectivity index (χ0) is 37.1. The first-order valence-electron chi connectivity index (χ1n) is 18.0. The molecule has 0 bridgehead atoms. The fourth-order valence-electron chi connectivity index (χ4n) is 7.95. The Labute approximate surface area is 311 Å². The predicted octanol–water partition coefficient (Wildman–Crippen LogP) is 10.5. The second-order valence-electron chi connectivity index (χ2n) is 16.0. The summed E-state index contributed by atoms with van der Waals surface area (Å²) < 4.78 is 5.85. The van der Waals surface area contributed by atoms with Crippen LogP contribution in [0.15, 0.2) is 128 Å². The molecule has 8 rings (SSSR count). The summed E-state index contributed by atoms with van der Waals surface area (Å²) >= 11 is 0. The quantitative estimate of drug-likeness (QED) is 0.179. The van der Waals surface area contributed by atoms with Crippen molar-refractivity contribution in [3.63, 3.8) is 0 Å². The Morgan fingerprint density at radius 2 is 1.00 bits per heavy atom. The Morgan fingerprint density at radius 3 is 1.47 bits per heavy atom. The van der Waals surface area contributed by atoms with Gasteiger partial charge < -0.3 is 4.74 Å². The molecule has 4 aromatic carbocycles. The second-order valence-corrected chi connectivity index (χ2v) is 16.0. The zero-order valence-corrected chi connectivity index (χ0v) is 31.2. The third kappa shape index (κ3) is 5.70. The summed E-state index contributed by atoms with van der Waals surface area (Å²) in [7, 11) is 1.69. The lowest BCUT2D eigenvalue weighted by molar-refractivity contribution is -0.110.